The zero-order valence-electron chi connectivity index (χ0n) is 8.31. The van der Waals surface area contributed by atoms with Crippen molar-refractivity contribution in [2.75, 3.05) is 7.11 Å². The van der Waals surface area contributed by atoms with Crippen LogP contribution in [-0.4, -0.2) is 26.1 Å². The number of quaternary nitrogens is 1. The molecule has 5 nitrogen and oxygen atoms in total. The van der Waals surface area contributed by atoms with Crippen molar-refractivity contribution in [3.05, 3.63) is 25.3 Å². The van der Waals surface area contributed by atoms with E-state index in [-0.39, 0.29) is 0 Å². The molecule has 0 unspecified atom stereocenters. The van der Waals surface area contributed by atoms with Gasteiger partial charge in [-0.3, -0.25) is 4.18 Å². The Kier molecular flexibility index (Phi) is 10.0. The first-order valence-electron chi connectivity index (χ1n) is 3.93. The first-order valence-corrected chi connectivity index (χ1v) is 5.27. The molecule has 0 aromatic carbocycles. The van der Waals surface area contributed by atoms with Crippen LogP contribution in [0.4, 0.5) is 0 Å². The summed E-state index contributed by atoms with van der Waals surface area (Å²) in [5.74, 6) is 0. The molecule has 0 aromatic heterocycles. The van der Waals surface area contributed by atoms with Gasteiger partial charge in [-0.05, 0) is 0 Å². The normalized spacial score (nSPS) is 10.3. The summed E-state index contributed by atoms with van der Waals surface area (Å²) in [6.07, 6.45) is 5.76. The smallest absolute Gasteiger partial charge is 0.217 e. The Bertz CT molecular complexity index is 238. The Balaban J connectivity index is 0. The molecular formula is C8H17NO4S. The molecule has 0 saturated carbocycles. The highest BCUT2D eigenvalue weighted by molar-refractivity contribution is 7.80. The zero-order chi connectivity index (χ0) is 11.6. The van der Waals surface area contributed by atoms with Crippen LogP contribution in [0.3, 0.4) is 0 Å². The molecule has 14 heavy (non-hydrogen) atoms. The van der Waals surface area contributed by atoms with Crippen molar-refractivity contribution in [3.63, 3.8) is 0 Å². The van der Waals surface area contributed by atoms with Gasteiger partial charge >= 0.3 is 0 Å². The molecule has 0 aromatic rings. The Morgan fingerprint density at radius 2 is 1.71 bits per heavy atom. The van der Waals surface area contributed by atoms with E-state index in [4.69, 9.17) is 0 Å². The summed E-state index contributed by atoms with van der Waals surface area (Å²) in [4.78, 5) is 0. The second-order valence-electron chi connectivity index (χ2n) is 2.49. The van der Waals surface area contributed by atoms with E-state index in [2.05, 4.69) is 23.1 Å². The Morgan fingerprint density at radius 1 is 1.43 bits per heavy atom. The van der Waals surface area contributed by atoms with Crippen molar-refractivity contribution in [1.82, 2.24) is 0 Å². The summed E-state index contributed by atoms with van der Waals surface area (Å²) in [5.41, 5.74) is 3.88. The third-order valence-electron chi connectivity index (χ3n) is 1.20. The van der Waals surface area contributed by atoms with Gasteiger partial charge in [0.25, 0.3) is 0 Å². The van der Waals surface area contributed by atoms with Crippen molar-refractivity contribution in [1.29, 1.82) is 0 Å². The highest BCUT2D eigenvalue weighted by atomic mass is 32.3. The van der Waals surface area contributed by atoms with E-state index in [1.54, 1.807) is 0 Å². The maximum absolute atomic E-state index is 9.22. The molecule has 0 saturated heterocycles. The van der Waals surface area contributed by atoms with Gasteiger partial charge in [-0.1, -0.05) is 12.2 Å². The van der Waals surface area contributed by atoms with E-state index in [0.29, 0.717) is 6.04 Å². The standard InChI is InChI=1S/C7H13N.CH4O4S/c1-3-5-7(8)6-4-2;1-5-6(2,3)4/h3-4,7H,1-2,5-6,8H2;1H3,(H,2,3,4). The van der Waals surface area contributed by atoms with E-state index in [1.807, 2.05) is 12.2 Å². The van der Waals surface area contributed by atoms with Gasteiger partial charge in [0.1, 0.15) is 0 Å². The quantitative estimate of drug-likeness (QED) is 0.398. The van der Waals surface area contributed by atoms with Gasteiger partial charge in [0, 0.05) is 12.8 Å². The van der Waals surface area contributed by atoms with Crippen LogP contribution in [0.5, 0.6) is 0 Å². The lowest BCUT2D eigenvalue weighted by Gasteiger charge is -1.98. The molecule has 0 fully saturated rings. The van der Waals surface area contributed by atoms with Gasteiger partial charge in [-0.2, -0.15) is 0 Å². The van der Waals surface area contributed by atoms with Crippen molar-refractivity contribution in [3.8, 4) is 0 Å². The molecule has 0 aliphatic heterocycles. The van der Waals surface area contributed by atoms with Gasteiger partial charge in [-0.15, -0.1) is 13.2 Å². The molecule has 6 heteroatoms. The zero-order valence-corrected chi connectivity index (χ0v) is 9.13. The van der Waals surface area contributed by atoms with E-state index >= 15 is 0 Å². The van der Waals surface area contributed by atoms with E-state index in [9.17, 15) is 13.0 Å². The van der Waals surface area contributed by atoms with Gasteiger partial charge in [-0.25, -0.2) is 8.42 Å². The fourth-order valence-electron chi connectivity index (χ4n) is 0.568. The Morgan fingerprint density at radius 3 is 1.86 bits per heavy atom. The maximum Gasteiger partial charge on any atom is 0.217 e. The van der Waals surface area contributed by atoms with Crippen molar-refractivity contribution >= 4 is 10.4 Å². The molecule has 0 heterocycles. The van der Waals surface area contributed by atoms with Crippen LogP contribution in [0.2, 0.25) is 0 Å². The van der Waals surface area contributed by atoms with Gasteiger partial charge in [0.05, 0.1) is 13.2 Å². The fraction of sp³-hybridized carbons (Fsp3) is 0.500. The average molecular weight is 223 g/mol. The largest absolute Gasteiger partial charge is 0.726 e. The summed E-state index contributed by atoms with van der Waals surface area (Å²) in [7, 11) is -3.60. The number of hydrogen-bond donors (Lipinski definition) is 1. The first kappa shape index (κ1) is 15.8. The Hall–Kier alpha value is -0.690. The highest BCUT2D eigenvalue weighted by Gasteiger charge is 1.96. The number of hydrogen-bond acceptors (Lipinski definition) is 4. The minimum atomic E-state index is -4.41. The lowest BCUT2D eigenvalue weighted by Crippen LogP contribution is -2.60. The van der Waals surface area contributed by atoms with Crippen LogP contribution in [-0.2, 0) is 14.6 Å². The number of rotatable bonds is 5. The van der Waals surface area contributed by atoms with E-state index in [0.717, 1.165) is 20.0 Å². The van der Waals surface area contributed by atoms with Crippen molar-refractivity contribution < 1.29 is 22.9 Å². The van der Waals surface area contributed by atoms with Crippen LogP contribution in [0.1, 0.15) is 12.8 Å². The van der Waals surface area contributed by atoms with Crippen LogP contribution in [0.15, 0.2) is 25.3 Å². The maximum atomic E-state index is 9.22. The molecular weight excluding hydrogens is 206 g/mol. The van der Waals surface area contributed by atoms with Gasteiger partial charge < -0.3 is 10.3 Å². The van der Waals surface area contributed by atoms with E-state index < -0.39 is 10.4 Å². The van der Waals surface area contributed by atoms with Crippen LogP contribution >= 0.6 is 0 Å². The van der Waals surface area contributed by atoms with Crippen molar-refractivity contribution in [2.24, 2.45) is 0 Å². The minimum Gasteiger partial charge on any atom is -0.726 e. The Labute approximate surface area is 85.2 Å². The fourth-order valence-corrected chi connectivity index (χ4v) is 0.568. The molecule has 0 atom stereocenters. The van der Waals surface area contributed by atoms with Crippen LogP contribution < -0.4 is 5.73 Å². The van der Waals surface area contributed by atoms with Crippen LogP contribution in [0, 0.1) is 0 Å². The average Bonchev–Trinajstić information content (AvgIpc) is 2.05. The lowest BCUT2D eigenvalue weighted by molar-refractivity contribution is -0.417. The molecule has 0 aliphatic carbocycles. The molecule has 0 rings (SSSR count). The molecule has 3 N–H and O–H groups in total. The predicted molar refractivity (Wildman–Crippen MR) is 53.0 cm³/mol. The third kappa shape index (κ3) is 17.4. The van der Waals surface area contributed by atoms with E-state index in [1.165, 1.54) is 0 Å². The summed E-state index contributed by atoms with van der Waals surface area (Å²) in [5, 5.41) is 0. The molecule has 0 spiro atoms. The molecule has 84 valence electrons. The summed E-state index contributed by atoms with van der Waals surface area (Å²) in [6, 6.07) is 0.477. The third-order valence-corrected chi connectivity index (χ3v) is 1.61. The first-order chi connectivity index (χ1) is 6.37. The predicted octanol–water partition coefficient (Wildman–Crippen LogP) is -0.158. The molecule has 0 amide bonds. The highest BCUT2D eigenvalue weighted by Crippen LogP contribution is 1.91. The minimum absolute atomic E-state index is 0.477. The molecule has 0 radical (unpaired) electrons. The topological polar surface area (TPSA) is 94.1 Å². The SMILES string of the molecule is C=CCC([NH3+])CC=C.COS(=O)(=O)[O-]. The van der Waals surface area contributed by atoms with Gasteiger partial charge in [0.2, 0.25) is 10.4 Å². The summed E-state index contributed by atoms with van der Waals surface area (Å²) >= 11 is 0. The lowest BCUT2D eigenvalue weighted by atomic mass is 10.1. The van der Waals surface area contributed by atoms with Gasteiger partial charge in [0.15, 0.2) is 0 Å². The van der Waals surface area contributed by atoms with Crippen molar-refractivity contribution in [2.45, 2.75) is 18.9 Å². The molecule has 0 aliphatic rings. The summed E-state index contributed by atoms with van der Waals surface area (Å²) < 4.78 is 31.0. The molecule has 0 bridgehead atoms. The van der Waals surface area contributed by atoms with Crippen LogP contribution in [0.25, 0.3) is 0 Å². The second kappa shape index (κ2) is 8.89. The second-order valence-corrected chi connectivity index (χ2v) is 3.64. The monoisotopic (exact) mass is 223 g/mol. The summed E-state index contributed by atoms with van der Waals surface area (Å²) in [6.45, 7) is 7.22.